The molecule has 3 amide bonds. The summed E-state index contributed by atoms with van der Waals surface area (Å²) in [5.74, 6) is 0.451. The quantitative estimate of drug-likeness (QED) is 0.203. The minimum Gasteiger partial charge on any atom is -0.495 e. The normalized spacial score (nSPS) is 14.1. The van der Waals surface area contributed by atoms with Crippen LogP contribution in [0.2, 0.25) is 5.02 Å². The first-order valence-electron chi connectivity index (χ1n) is 11.6. The van der Waals surface area contributed by atoms with Crippen LogP contribution in [0, 0.1) is 10.5 Å². The molecule has 0 radical (unpaired) electrons. The van der Waals surface area contributed by atoms with E-state index in [2.05, 4.69) is 27.9 Å². The molecule has 0 aliphatic carbocycles. The maximum Gasteiger partial charge on any atom is 0.294 e. The summed E-state index contributed by atoms with van der Waals surface area (Å²) in [5, 5.41) is 2.42. The zero-order valence-electron chi connectivity index (χ0n) is 21.2. The number of aryl methyl sites for hydroxylation is 1. The number of hydrogen-bond acceptors (Lipinski definition) is 7. The van der Waals surface area contributed by atoms with E-state index in [1.165, 1.54) is 25.8 Å². The molecule has 0 saturated carbocycles. The number of anilines is 1. The van der Waals surface area contributed by atoms with Crippen LogP contribution in [0.25, 0.3) is 6.08 Å². The van der Waals surface area contributed by atoms with Crippen LogP contribution in [0.1, 0.15) is 16.7 Å². The smallest absolute Gasteiger partial charge is 0.294 e. The van der Waals surface area contributed by atoms with Gasteiger partial charge >= 0.3 is 0 Å². The molecule has 3 aromatic carbocycles. The van der Waals surface area contributed by atoms with E-state index in [9.17, 15) is 14.4 Å². The molecule has 1 fully saturated rings. The molecule has 1 heterocycles. The molecule has 1 aliphatic heterocycles. The fourth-order valence-electron chi connectivity index (χ4n) is 3.68. The third-order valence-electron chi connectivity index (χ3n) is 5.66. The Morgan fingerprint density at radius 3 is 2.44 bits per heavy atom. The average molecular weight is 679 g/mol. The van der Waals surface area contributed by atoms with E-state index in [-0.39, 0.29) is 4.91 Å². The van der Waals surface area contributed by atoms with Gasteiger partial charge in [-0.05, 0) is 88.8 Å². The van der Waals surface area contributed by atoms with Crippen LogP contribution in [0.15, 0.2) is 59.5 Å². The molecule has 1 saturated heterocycles. The van der Waals surface area contributed by atoms with E-state index in [0.717, 1.165) is 25.8 Å². The number of imide groups is 1. The van der Waals surface area contributed by atoms with Crippen LogP contribution in [0.5, 0.6) is 17.2 Å². The summed E-state index contributed by atoms with van der Waals surface area (Å²) >= 11 is 9.01. The van der Waals surface area contributed by atoms with Crippen molar-refractivity contribution in [2.45, 2.75) is 13.5 Å². The second kappa shape index (κ2) is 12.8. The number of ether oxygens (including phenoxy) is 3. The Hall–Kier alpha value is -3.22. The van der Waals surface area contributed by atoms with E-state index in [1.54, 1.807) is 24.3 Å². The molecule has 0 spiro atoms. The molecule has 0 atom stereocenters. The molecular formula is C28H24ClIN2O6S. The van der Waals surface area contributed by atoms with E-state index < -0.39 is 23.6 Å². The van der Waals surface area contributed by atoms with Crippen molar-refractivity contribution in [3.8, 4) is 17.2 Å². The van der Waals surface area contributed by atoms with E-state index >= 15 is 0 Å². The highest BCUT2D eigenvalue weighted by Crippen LogP contribution is 2.37. The van der Waals surface area contributed by atoms with Gasteiger partial charge in [0.25, 0.3) is 11.1 Å². The van der Waals surface area contributed by atoms with Gasteiger partial charge in [-0.3, -0.25) is 19.3 Å². The van der Waals surface area contributed by atoms with Gasteiger partial charge in [0.2, 0.25) is 5.91 Å². The Kier molecular flexibility index (Phi) is 9.41. The second-order valence-electron chi connectivity index (χ2n) is 8.47. The number of methoxy groups -OCH3 is 2. The monoisotopic (exact) mass is 678 g/mol. The minimum absolute atomic E-state index is 0.200. The second-order valence-corrected chi connectivity index (χ2v) is 11.0. The molecule has 39 heavy (non-hydrogen) atoms. The minimum atomic E-state index is -0.554. The fraction of sp³-hybridized carbons (Fsp3) is 0.179. The highest BCUT2D eigenvalue weighted by molar-refractivity contribution is 14.1. The largest absolute Gasteiger partial charge is 0.495 e. The molecule has 4 rings (SSSR count). The summed E-state index contributed by atoms with van der Waals surface area (Å²) < 4.78 is 17.4. The zero-order chi connectivity index (χ0) is 28.1. The van der Waals surface area contributed by atoms with Gasteiger partial charge in [0.15, 0.2) is 11.5 Å². The Balaban J connectivity index is 1.45. The average Bonchev–Trinajstić information content (AvgIpc) is 3.16. The first-order valence-corrected chi connectivity index (χ1v) is 13.9. The van der Waals surface area contributed by atoms with Crippen molar-refractivity contribution in [2.75, 3.05) is 26.1 Å². The van der Waals surface area contributed by atoms with Gasteiger partial charge in [-0.1, -0.05) is 41.4 Å². The summed E-state index contributed by atoms with van der Waals surface area (Å²) in [6.45, 7) is 1.96. The van der Waals surface area contributed by atoms with Gasteiger partial charge in [0.1, 0.15) is 18.9 Å². The third-order valence-corrected chi connectivity index (χ3v) is 7.67. The predicted molar refractivity (Wildman–Crippen MR) is 161 cm³/mol. The van der Waals surface area contributed by atoms with Crippen LogP contribution in [0.3, 0.4) is 0 Å². The maximum absolute atomic E-state index is 13.0. The first-order chi connectivity index (χ1) is 18.7. The number of carbonyl (C=O) groups is 3. The van der Waals surface area contributed by atoms with Crippen molar-refractivity contribution in [3.05, 3.63) is 84.8 Å². The number of amides is 3. The summed E-state index contributed by atoms with van der Waals surface area (Å²) in [6.07, 6.45) is 1.60. The number of rotatable bonds is 9. The van der Waals surface area contributed by atoms with Crippen molar-refractivity contribution >= 4 is 74.8 Å². The van der Waals surface area contributed by atoms with Gasteiger partial charge in [-0.2, -0.15) is 0 Å². The Labute approximate surface area is 248 Å². The van der Waals surface area contributed by atoms with Crippen LogP contribution in [-0.4, -0.2) is 42.7 Å². The summed E-state index contributed by atoms with van der Waals surface area (Å²) in [7, 11) is 3.02. The lowest BCUT2D eigenvalue weighted by molar-refractivity contribution is -0.127. The predicted octanol–water partition coefficient (Wildman–Crippen LogP) is 6.52. The summed E-state index contributed by atoms with van der Waals surface area (Å²) in [6, 6.07) is 16.4. The van der Waals surface area contributed by atoms with Crippen molar-refractivity contribution in [1.82, 2.24) is 4.90 Å². The van der Waals surface area contributed by atoms with Crippen molar-refractivity contribution < 1.29 is 28.6 Å². The molecular weight excluding hydrogens is 655 g/mol. The lowest BCUT2D eigenvalue weighted by Gasteiger charge is -2.14. The summed E-state index contributed by atoms with van der Waals surface area (Å²) in [5.41, 5.74) is 3.26. The molecule has 1 N–H and O–H groups in total. The van der Waals surface area contributed by atoms with Crippen molar-refractivity contribution in [3.63, 3.8) is 0 Å². The van der Waals surface area contributed by atoms with Crippen LogP contribution < -0.4 is 19.5 Å². The molecule has 8 nitrogen and oxygen atoms in total. The van der Waals surface area contributed by atoms with Crippen molar-refractivity contribution in [1.29, 1.82) is 0 Å². The first kappa shape index (κ1) is 28.8. The van der Waals surface area contributed by atoms with Crippen LogP contribution in [-0.2, 0) is 16.2 Å². The standard InChI is InChI=1S/C28H24ClIN2O6S/c1-16-4-6-17(7-5-16)15-38-26-21(30)10-18(11-23(26)37-3)12-24-27(34)32(28(35)39-24)14-25(33)31-19-8-9-22(36-2)20(29)13-19/h4-13H,14-15H2,1-3H3,(H,31,33)/b24-12-. The molecule has 1 aliphatic rings. The lowest BCUT2D eigenvalue weighted by atomic mass is 10.1. The van der Waals surface area contributed by atoms with E-state index in [4.69, 9.17) is 25.8 Å². The Morgan fingerprint density at radius 2 is 1.77 bits per heavy atom. The highest BCUT2D eigenvalue weighted by Gasteiger charge is 2.36. The van der Waals surface area contributed by atoms with Crippen LogP contribution in [0.4, 0.5) is 10.5 Å². The molecule has 3 aromatic rings. The highest BCUT2D eigenvalue weighted by atomic mass is 127. The van der Waals surface area contributed by atoms with E-state index in [0.29, 0.717) is 40.1 Å². The number of nitrogens with zero attached hydrogens (tertiary/aromatic N) is 1. The van der Waals surface area contributed by atoms with Gasteiger partial charge in [0, 0.05) is 5.69 Å². The summed E-state index contributed by atoms with van der Waals surface area (Å²) in [4.78, 5) is 39.2. The number of hydrogen-bond donors (Lipinski definition) is 1. The maximum atomic E-state index is 13.0. The van der Waals surface area contributed by atoms with Crippen LogP contribution >= 0.6 is 46.0 Å². The molecule has 0 unspecified atom stereocenters. The Morgan fingerprint density at radius 1 is 1.05 bits per heavy atom. The zero-order valence-corrected chi connectivity index (χ0v) is 25.0. The van der Waals surface area contributed by atoms with Gasteiger partial charge < -0.3 is 19.5 Å². The number of halogens is 2. The van der Waals surface area contributed by atoms with Gasteiger partial charge in [-0.15, -0.1) is 0 Å². The third kappa shape index (κ3) is 7.06. The molecule has 0 bridgehead atoms. The number of thioether (sulfide) groups is 1. The number of carbonyl (C=O) groups excluding carboxylic acids is 3. The molecule has 11 heteroatoms. The van der Waals surface area contributed by atoms with Gasteiger partial charge in [-0.25, -0.2) is 0 Å². The SMILES string of the molecule is COc1ccc(NC(=O)CN2C(=O)S/C(=C\c3cc(I)c(OCc4ccc(C)cc4)c(OC)c3)C2=O)cc1Cl. The van der Waals surface area contributed by atoms with E-state index in [1.807, 2.05) is 37.3 Å². The Bertz CT molecular complexity index is 1460. The van der Waals surface area contributed by atoms with Gasteiger partial charge in [0.05, 0.1) is 27.7 Å². The lowest BCUT2D eigenvalue weighted by Crippen LogP contribution is -2.36. The number of benzene rings is 3. The number of nitrogens with one attached hydrogen (secondary N) is 1. The van der Waals surface area contributed by atoms with Crippen molar-refractivity contribution in [2.24, 2.45) is 0 Å². The topological polar surface area (TPSA) is 94.2 Å². The molecule has 0 aromatic heterocycles. The fourth-order valence-corrected chi connectivity index (χ4v) is 5.56. The molecule has 202 valence electrons.